The lowest BCUT2D eigenvalue weighted by atomic mass is 9.92. The van der Waals surface area contributed by atoms with Crippen molar-refractivity contribution in [1.29, 1.82) is 0 Å². The minimum atomic E-state index is -3.59. The highest BCUT2D eigenvalue weighted by Crippen LogP contribution is 2.34. The van der Waals surface area contributed by atoms with E-state index in [2.05, 4.69) is 10.0 Å². The second kappa shape index (κ2) is 7.28. The van der Waals surface area contributed by atoms with Crippen molar-refractivity contribution in [3.8, 4) is 0 Å². The number of amides is 1. The van der Waals surface area contributed by atoms with Crippen molar-refractivity contribution < 1.29 is 22.7 Å². The molecule has 1 aromatic rings. The SMILES string of the molecule is CC1(C)C[C@@H](CC(=O)N2CCC[C@H]([C@@H]3Nc4ccccc4S(=O)(=O)N3)C2)C(=O)O1. The van der Waals surface area contributed by atoms with Gasteiger partial charge in [0.1, 0.15) is 10.5 Å². The van der Waals surface area contributed by atoms with Gasteiger partial charge in [0.25, 0.3) is 0 Å². The fourth-order valence-corrected chi connectivity index (χ4v) is 5.93. The molecule has 3 aliphatic rings. The van der Waals surface area contributed by atoms with E-state index in [1.807, 2.05) is 13.8 Å². The minimum absolute atomic E-state index is 0.0530. The Morgan fingerprint density at radius 2 is 2.07 bits per heavy atom. The van der Waals surface area contributed by atoms with Gasteiger partial charge in [-0.25, -0.2) is 8.42 Å². The van der Waals surface area contributed by atoms with Crippen LogP contribution >= 0.6 is 0 Å². The zero-order chi connectivity index (χ0) is 20.8. The number of anilines is 1. The Bertz CT molecular complexity index is 930. The standard InChI is InChI=1S/C20H27N3O5S/c1-20(2)11-14(19(25)28-20)10-17(24)23-9-5-6-13(12-23)18-21-15-7-3-4-8-16(15)29(26,27)22-18/h3-4,7-8,13-14,18,21-22H,5-6,9-12H2,1-2H3/t13-,14+,18+/m0/s1. The molecule has 0 aromatic heterocycles. The number of ether oxygens (including phenoxy) is 1. The molecule has 4 rings (SSSR count). The van der Waals surface area contributed by atoms with Gasteiger partial charge in [0, 0.05) is 31.8 Å². The Hall–Kier alpha value is -2.13. The number of hydrogen-bond acceptors (Lipinski definition) is 6. The van der Waals surface area contributed by atoms with Crippen LogP contribution in [-0.4, -0.2) is 50.1 Å². The van der Waals surface area contributed by atoms with Crippen LogP contribution in [-0.2, 0) is 24.3 Å². The molecule has 0 aliphatic carbocycles. The minimum Gasteiger partial charge on any atom is -0.459 e. The van der Waals surface area contributed by atoms with Crippen molar-refractivity contribution in [2.24, 2.45) is 11.8 Å². The maximum absolute atomic E-state index is 12.8. The first-order valence-electron chi connectivity index (χ1n) is 10.0. The molecule has 2 N–H and O–H groups in total. The number of para-hydroxylation sites is 1. The molecule has 2 saturated heterocycles. The molecule has 0 bridgehead atoms. The second-order valence-electron chi connectivity index (χ2n) is 8.77. The monoisotopic (exact) mass is 421 g/mol. The van der Waals surface area contributed by atoms with Crippen molar-refractivity contribution in [3.05, 3.63) is 24.3 Å². The normalized spacial score (nSPS) is 30.2. The first kappa shape index (κ1) is 20.2. The van der Waals surface area contributed by atoms with E-state index < -0.39 is 27.7 Å². The number of likely N-dealkylation sites (tertiary alicyclic amines) is 1. The van der Waals surface area contributed by atoms with Crippen LogP contribution in [0.5, 0.6) is 0 Å². The number of piperidine rings is 1. The predicted octanol–water partition coefficient (Wildman–Crippen LogP) is 1.69. The average Bonchev–Trinajstić information content (AvgIpc) is 2.92. The number of cyclic esters (lactones) is 1. The number of carbonyl (C=O) groups excluding carboxylic acids is 2. The number of carbonyl (C=O) groups is 2. The molecule has 1 aromatic carbocycles. The number of benzene rings is 1. The maximum Gasteiger partial charge on any atom is 0.310 e. The van der Waals surface area contributed by atoms with E-state index in [1.54, 1.807) is 29.2 Å². The van der Waals surface area contributed by atoms with Crippen LogP contribution in [0.15, 0.2) is 29.2 Å². The highest BCUT2D eigenvalue weighted by Gasteiger charge is 2.42. The van der Waals surface area contributed by atoms with Crippen LogP contribution < -0.4 is 10.0 Å². The zero-order valence-corrected chi connectivity index (χ0v) is 17.5. The summed E-state index contributed by atoms with van der Waals surface area (Å²) >= 11 is 0. The molecule has 3 heterocycles. The van der Waals surface area contributed by atoms with Gasteiger partial charge in [-0.05, 0) is 38.8 Å². The Labute approximate surface area is 171 Å². The van der Waals surface area contributed by atoms with Crippen molar-refractivity contribution in [2.75, 3.05) is 18.4 Å². The first-order valence-corrected chi connectivity index (χ1v) is 11.5. The fraction of sp³-hybridized carbons (Fsp3) is 0.600. The van der Waals surface area contributed by atoms with E-state index in [-0.39, 0.29) is 29.1 Å². The van der Waals surface area contributed by atoms with Crippen molar-refractivity contribution in [1.82, 2.24) is 9.62 Å². The van der Waals surface area contributed by atoms with Gasteiger partial charge < -0.3 is 15.0 Å². The molecule has 1 amide bonds. The van der Waals surface area contributed by atoms with Crippen molar-refractivity contribution in [3.63, 3.8) is 0 Å². The van der Waals surface area contributed by atoms with Crippen LogP contribution in [0.3, 0.4) is 0 Å². The quantitative estimate of drug-likeness (QED) is 0.720. The van der Waals surface area contributed by atoms with E-state index in [1.165, 1.54) is 0 Å². The summed E-state index contributed by atoms with van der Waals surface area (Å²) in [6.45, 7) is 4.78. The number of esters is 1. The Balaban J connectivity index is 1.43. The summed E-state index contributed by atoms with van der Waals surface area (Å²) in [5, 5.41) is 3.27. The molecule has 0 spiro atoms. The lowest BCUT2D eigenvalue weighted by Gasteiger charge is -2.39. The smallest absolute Gasteiger partial charge is 0.310 e. The van der Waals surface area contributed by atoms with E-state index in [4.69, 9.17) is 4.74 Å². The summed E-state index contributed by atoms with van der Waals surface area (Å²) in [6, 6.07) is 6.80. The molecule has 29 heavy (non-hydrogen) atoms. The first-order chi connectivity index (χ1) is 13.6. The summed E-state index contributed by atoms with van der Waals surface area (Å²) in [6.07, 6.45) is 1.81. The number of rotatable bonds is 3. The summed E-state index contributed by atoms with van der Waals surface area (Å²) < 4.78 is 33.2. The van der Waals surface area contributed by atoms with Crippen LogP contribution in [0.1, 0.15) is 39.5 Å². The number of nitrogens with one attached hydrogen (secondary N) is 2. The number of nitrogens with zero attached hydrogens (tertiary/aromatic N) is 1. The van der Waals surface area contributed by atoms with Gasteiger partial charge in [-0.2, -0.15) is 4.72 Å². The molecule has 0 saturated carbocycles. The Morgan fingerprint density at radius 1 is 1.31 bits per heavy atom. The summed E-state index contributed by atoms with van der Waals surface area (Å²) in [4.78, 5) is 26.8. The Kier molecular flexibility index (Phi) is 5.06. The molecule has 158 valence electrons. The molecule has 3 atom stereocenters. The topological polar surface area (TPSA) is 105 Å². The van der Waals surface area contributed by atoms with Gasteiger partial charge in [0.15, 0.2) is 0 Å². The molecule has 0 radical (unpaired) electrons. The third kappa shape index (κ3) is 4.11. The third-order valence-electron chi connectivity index (χ3n) is 5.92. The van der Waals surface area contributed by atoms with Crippen molar-refractivity contribution in [2.45, 2.75) is 56.2 Å². The van der Waals surface area contributed by atoms with Gasteiger partial charge >= 0.3 is 5.97 Å². The predicted molar refractivity (Wildman–Crippen MR) is 106 cm³/mol. The number of fused-ring (bicyclic) bond motifs is 1. The van der Waals surface area contributed by atoms with Crippen LogP contribution in [0.4, 0.5) is 5.69 Å². The van der Waals surface area contributed by atoms with Gasteiger partial charge in [-0.3, -0.25) is 9.59 Å². The molecule has 8 nitrogen and oxygen atoms in total. The Morgan fingerprint density at radius 3 is 2.79 bits per heavy atom. The molecular weight excluding hydrogens is 394 g/mol. The summed E-state index contributed by atoms with van der Waals surface area (Å²) in [7, 11) is -3.59. The van der Waals surface area contributed by atoms with Gasteiger partial charge in [0.2, 0.25) is 15.9 Å². The van der Waals surface area contributed by atoms with E-state index >= 15 is 0 Å². The molecule has 0 unspecified atom stereocenters. The zero-order valence-electron chi connectivity index (χ0n) is 16.7. The maximum atomic E-state index is 12.8. The number of hydrogen-bond donors (Lipinski definition) is 2. The number of sulfonamides is 1. The van der Waals surface area contributed by atoms with Gasteiger partial charge in [-0.1, -0.05) is 12.1 Å². The largest absolute Gasteiger partial charge is 0.459 e. The van der Waals surface area contributed by atoms with E-state index in [0.29, 0.717) is 25.2 Å². The van der Waals surface area contributed by atoms with Crippen LogP contribution in [0.2, 0.25) is 0 Å². The lowest BCUT2D eigenvalue weighted by molar-refractivity contribution is -0.150. The summed E-state index contributed by atoms with van der Waals surface area (Å²) in [5.74, 6) is -0.845. The molecular formula is C20H27N3O5S. The highest BCUT2D eigenvalue weighted by molar-refractivity contribution is 7.89. The van der Waals surface area contributed by atoms with E-state index in [9.17, 15) is 18.0 Å². The molecule has 9 heteroatoms. The lowest BCUT2D eigenvalue weighted by Crippen LogP contribution is -2.54. The third-order valence-corrected chi connectivity index (χ3v) is 7.42. The highest BCUT2D eigenvalue weighted by atomic mass is 32.2. The average molecular weight is 422 g/mol. The van der Waals surface area contributed by atoms with Crippen molar-refractivity contribution >= 4 is 27.6 Å². The molecule has 3 aliphatic heterocycles. The summed E-state index contributed by atoms with van der Waals surface area (Å²) in [5.41, 5.74) is 0.0556. The van der Waals surface area contributed by atoms with Crippen LogP contribution in [0.25, 0.3) is 0 Å². The van der Waals surface area contributed by atoms with Gasteiger partial charge in [0.05, 0.1) is 17.8 Å². The molecule has 2 fully saturated rings. The van der Waals surface area contributed by atoms with Crippen LogP contribution in [0, 0.1) is 11.8 Å². The van der Waals surface area contributed by atoms with Gasteiger partial charge in [-0.15, -0.1) is 0 Å². The second-order valence-corrected chi connectivity index (χ2v) is 10.4. The van der Waals surface area contributed by atoms with E-state index in [0.717, 1.165) is 12.8 Å². The fourth-order valence-electron chi connectivity index (χ4n) is 4.54.